The van der Waals surface area contributed by atoms with Crippen LogP contribution in [0.1, 0.15) is 19.3 Å². The van der Waals surface area contributed by atoms with Gasteiger partial charge in [0.15, 0.2) is 0 Å². The van der Waals surface area contributed by atoms with Crippen LogP contribution >= 0.6 is 0 Å². The molecule has 0 saturated carbocycles. The molecule has 0 radical (unpaired) electrons. The first kappa shape index (κ1) is 18.8. The minimum absolute atomic E-state index is 0.133. The summed E-state index contributed by atoms with van der Waals surface area (Å²) >= 11 is 0. The van der Waals surface area contributed by atoms with Gasteiger partial charge < -0.3 is 10.5 Å². The minimum Gasteiger partial charge on any atom is -0.385 e. The molecule has 134 valence electrons. The summed E-state index contributed by atoms with van der Waals surface area (Å²) in [4.78, 5) is 11.4. The molecule has 1 atom stereocenters. The van der Waals surface area contributed by atoms with Crippen molar-refractivity contribution in [1.29, 1.82) is 0 Å². The van der Waals surface area contributed by atoms with Crippen LogP contribution in [0.5, 0.6) is 0 Å². The zero-order valence-electron chi connectivity index (χ0n) is 13.3. The monoisotopic (exact) mass is 362 g/mol. The molecule has 1 aromatic carbocycles. The number of halogens is 2. The third kappa shape index (κ3) is 3.73. The lowest BCUT2D eigenvalue weighted by Crippen LogP contribution is -2.52. The molecule has 9 heteroatoms. The Balaban J connectivity index is 2.34. The summed E-state index contributed by atoms with van der Waals surface area (Å²) < 4.78 is 58.1. The second-order valence-corrected chi connectivity index (χ2v) is 7.87. The summed E-state index contributed by atoms with van der Waals surface area (Å²) in [7, 11) is -2.66. The van der Waals surface area contributed by atoms with Gasteiger partial charge in [-0.05, 0) is 31.4 Å². The number of carbonyl (C=O) groups excluding carboxylic acids is 1. The van der Waals surface area contributed by atoms with E-state index in [9.17, 15) is 22.0 Å². The average molecular weight is 362 g/mol. The number of methoxy groups -OCH3 is 1. The third-order valence-electron chi connectivity index (χ3n) is 4.32. The third-order valence-corrected chi connectivity index (χ3v) is 6.15. The summed E-state index contributed by atoms with van der Waals surface area (Å²) in [5.74, 6) is -2.57. The Morgan fingerprint density at radius 2 is 1.96 bits per heavy atom. The summed E-state index contributed by atoms with van der Waals surface area (Å²) in [5.41, 5.74) is 4.45. The first-order valence-electron chi connectivity index (χ1n) is 7.46. The van der Waals surface area contributed by atoms with Gasteiger partial charge in [0, 0.05) is 32.9 Å². The van der Waals surface area contributed by atoms with E-state index in [4.69, 9.17) is 10.5 Å². The van der Waals surface area contributed by atoms with Crippen LogP contribution in [0.4, 0.5) is 8.78 Å². The number of sulfonamides is 1. The molecule has 1 unspecified atom stereocenters. The van der Waals surface area contributed by atoms with E-state index >= 15 is 0 Å². The number of ether oxygens (including phenoxy) is 1. The molecule has 1 amide bonds. The lowest BCUT2D eigenvalue weighted by Gasteiger charge is -2.39. The molecule has 6 nitrogen and oxygen atoms in total. The minimum atomic E-state index is -4.13. The fraction of sp³-hybridized carbons (Fsp3) is 0.533. The predicted octanol–water partition coefficient (Wildman–Crippen LogP) is 1.26. The molecule has 1 aliphatic rings. The van der Waals surface area contributed by atoms with Crippen molar-refractivity contribution in [2.24, 2.45) is 11.1 Å². The summed E-state index contributed by atoms with van der Waals surface area (Å²) in [6.45, 7) is 0.278. The Morgan fingerprint density at radius 1 is 1.33 bits per heavy atom. The molecule has 0 aromatic heterocycles. The fourth-order valence-corrected chi connectivity index (χ4v) is 4.55. The maximum atomic E-state index is 13.4. The zero-order valence-corrected chi connectivity index (χ0v) is 14.1. The SMILES string of the molecule is COCCC1(C(N)=O)CCCN(S(=O)(=O)c2cc(F)cc(F)c2)C1. The molecular formula is C15H20F2N2O4S. The normalized spacial score (nSPS) is 22.5. The van der Waals surface area contributed by atoms with Gasteiger partial charge in [0.25, 0.3) is 0 Å². The van der Waals surface area contributed by atoms with Crippen molar-refractivity contribution in [3.63, 3.8) is 0 Å². The smallest absolute Gasteiger partial charge is 0.243 e. The topological polar surface area (TPSA) is 89.7 Å². The van der Waals surface area contributed by atoms with Gasteiger partial charge in [-0.25, -0.2) is 17.2 Å². The van der Waals surface area contributed by atoms with E-state index in [2.05, 4.69) is 0 Å². The highest BCUT2D eigenvalue weighted by molar-refractivity contribution is 7.89. The summed E-state index contributed by atoms with van der Waals surface area (Å²) in [6, 6.07) is 2.11. The van der Waals surface area contributed by atoms with Gasteiger partial charge in [-0.1, -0.05) is 0 Å². The van der Waals surface area contributed by atoms with Crippen LogP contribution in [-0.2, 0) is 19.6 Å². The van der Waals surface area contributed by atoms with Crippen molar-refractivity contribution in [3.8, 4) is 0 Å². The van der Waals surface area contributed by atoms with Gasteiger partial charge in [0.2, 0.25) is 15.9 Å². The van der Waals surface area contributed by atoms with E-state index in [0.29, 0.717) is 18.9 Å². The highest BCUT2D eigenvalue weighted by Crippen LogP contribution is 2.36. The number of nitrogens with zero attached hydrogens (tertiary/aromatic N) is 1. The van der Waals surface area contributed by atoms with Crippen molar-refractivity contribution in [2.45, 2.75) is 24.2 Å². The maximum Gasteiger partial charge on any atom is 0.243 e. The Kier molecular flexibility index (Phi) is 5.56. The van der Waals surface area contributed by atoms with Crippen molar-refractivity contribution >= 4 is 15.9 Å². The van der Waals surface area contributed by atoms with Gasteiger partial charge in [-0.3, -0.25) is 4.79 Å². The number of piperidine rings is 1. The number of hydrogen-bond donors (Lipinski definition) is 1. The van der Waals surface area contributed by atoms with Crippen LogP contribution in [0, 0.1) is 17.0 Å². The van der Waals surface area contributed by atoms with Crippen molar-refractivity contribution < 1.29 is 26.7 Å². The predicted molar refractivity (Wildman–Crippen MR) is 82.5 cm³/mol. The number of benzene rings is 1. The van der Waals surface area contributed by atoms with Crippen LogP contribution in [-0.4, -0.2) is 45.4 Å². The largest absolute Gasteiger partial charge is 0.385 e. The van der Waals surface area contributed by atoms with Gasteiger partial charge in [0.05, 0.1) is 10.3 Å². The van der Waals surface area contributed by atoms with Crippen LogP contribution < -0.4 is 5.73 Å². The summed E-state index contributed by atoms with van der Waals surface area (Å²) in [5, 5.41) is 0. The molecule has 0 aliphatic carbocycles. The molecule has 0 bridgehead atoms. The first-order chi connectivity index (χ1) is 11.2. The lowest BCUT2D eigenvalue weighted by molar-refractivity contribution is -0.131. The fourth-order valence-electron chi connectivity index (χ4n) is 2.95. The molecule has 2 rings (SSSR count). The molecular weight excluding hydrogens is 342 g/mol. The number of carbonyl (C=O) groups is 1. The number of nitrogens with two attached hydrogens (primary N) is 1. The van der Waals surface area contributed by atoms with Gasteiger partial charge in [-0.2, -0.15) is 4.31 Å². The quantitative estimate of drug-likeness (QED) is 0.825. The highest BCUT2D eigenvalue weighted by Gasteiger charge is 2.44. The van der Waals surface area contributed by atoms with Crippen LogP contribution in [0.2, 0.25) is 0 Å². The second-order valence-electron chi connectivity index (χ2n) is 5.93. The molecule has 1 heterocycles. The Hall–Kier alpha value is -1.58. The Bertz CT molecular complexity index is 706. The zero-order chi connectivity index (χ0) is 18.0. The molecule has 1 fully saturated rings. The van der Waals surface area contributed by atoms with Gasteiger partial charge in [-0.15, -0.1) is 0 Å². The van der Waals surface area contributed by atoms with E-state index < -0.39 is 37.9 Å². The molecule has 0 spiro atoms. The Morgan fingerprint density at radius 3 is 2.50 bits per heavy atom. The van der Waals surface area contributed by atoms with E-state index in [0.717, 1.165) is 16.4 Å². The van der Waals surface area contributed by atoms with Gasteiger partial charge >= 0.3 is 0 Å². The molecule has 1 saturated heterocycles. The average Bonchev–Trinajstić information content (AvgIpc) is 2.52. The van der Waals surface area contributed by atoms with Crippen molar-refractivity contribution in [2.75, 3.05) is 26.8 Å². The molecule has 1 aliphatic heterocycles. The lowest BCUT2D eigenvalue weighted by atomic mass is 9.77. The first-order valence-corrected chi connectivity index (χ1v) is 8.90. The molecule has 2 N–H and O–H groups in total. The van der Waals surface area contributed by atoms with Crippen LogP contribution in [0.25, 0.3) is 0 Å². The summed E-state index contributed by atoms with van der Waals surface area (Å²) in [6.07, 6.45) is 1.14. The number of rotatable bonds is 6. The van der Waals surface area contributed by atoms with Gasteiger partial charge in [0.1, 0.15) is 11.6 Å². The van der Waals surface area contributed by atoms with E-state index in [1.807, 2.05) is 0 Å². The number of hydrogen-bond acceptors (Lipinski definition) is 4. The Labute approximate surface area is 139 Å². The second kappa shape index (κ2) is 7.12. The standard InChI is InChI=1S/C15H20F2N2O4S/c1-23-6-4-15(14(18)20)3-2-5-19(10-15)24(21,22)13-8-11(16)7-12(17)9-13/h7-9H,2-6,10H2,1H3,(H2,18,20). The van der Waals surface area contributed by atoms with E-state index in [1.165, 1.54) is 7.11 Å². The van der Waals surface area contributed by atoms with Crippen molar-refractivity contribution in [1.82, 2.24) is 4.31 Å². The van der Waals surface area contributed by atoms with Crippen LogP contribution in [0.15, 0.2) is 23.1 Å². The molecule has 1 aromatic rings. The molecule has 24 heavy (non-hydrogen) atoms. The van der Waals surface area contributed by atoms with Crippen LogP contribution in [0.3, 0.4) is 0 Å². The van der Waals surface area contributed by atoms with E-state index in [-0.39, 0.29) is 26.1 Å². The maximum absolute atomic E-state index is 13.4. The van der Waals surface area contributed by atoms with E-state index in [1.54, 1.807) is 0 Å². The number of amides is 1. The van der Waals surface area contributed by atoms with Crippen molar-refractivity contribution in [3.05, 3.63) is 29.8 Å². The number of primary amides is 1. The highest BCUT2D eigenvalue weighted by atomic mass is 32.2.